The van der Waals surface area contributed by atoms with E-state index in [0.717, 1.165) is 18.0 Å². The number of benzene rings is 6. The van der Waals surface area contributed by atoms with E-state index in [1.807, 2.05) is 24.3 Å². The Morgan fingerprint density at radius 1 is 0.479 bits per heavy atom. The van der Waals surface area contributed by atoms with Crippen molar-refractivity contribution < 1.29 is 37.1 Å². The fourth-order valence-corrected chi connectivity index (χ4v) is 5.50. The Morgan fingerprint density at radius 2 is 0.854 bits per heavy atom. The first-order chi connectivity index (χ1) is 22.6. The summed E-state index contributed by atoms with van der Waals surface area (Å²) in [6.45, 7) is 2.96. The molecule has 6 aromatic rings. The minimum Gasteiger partial charge on any atom is -1.00 e. The van der Waals surface area contributed by atoms with Crippen LogP contribution in [-0.4, -0.2) is 14.2 Å². The first kappa shape index (κ1) is 35.8. The quantitative estimate of drug-likeness (QED) is 0.105. The first-order valence-corrected chi connectivity index (χ1v) is 14.8. The number of para-hydroxylation sites is 8. The third-order valence-corrected chi connectivity index (χ3v) is 7.50. The zero-order valence-corrected chi connectivity index (χ0v) is 27.2. The van der Waals surface area contributed by atoms with Crippen LogP contribution in [0.4, 0.5) is 58.4 Å². The van der Waals surface area contributed by atoms with Crippen LogP contribution in [0.15, 0.2) is 164 Å². The van der Waals surface area contributed by atoms with Crippen molar-refractivity contribution in [2.24, 2.45) is 0 Å². The fourth-order valence-electron chi connectivity index (χ4n) is 5.50. The van der Waals surface area contributed by atoms with Gasteiger partial charge in [-0.1, -0.05) is 78.9 Å². The first-order valence-electron chi connectivity index (χ1n) is 14.8. The Labute approximate surface area is 292 Å². The molecule has 0 fully saturated rings. The zero-order chi connectivity index (χ0) is 31.7. The number of rotatable bonds is 4. The van der Waals surface area contributed by atoms with Crippen molar-refractivity contribution in [3.8, 4) is 0 Å². The van der Waals surface area contributed by atoms with Crippen LogP contribution >= 0.6 is 0 Å². The molecule has 0 aliphatic carbocycles. The minimum absolute atomic E-state index is 0. The van der Waals surface area contributed by atoms with Crippen molar-refractivity contribution in [3.63, 3.8) is 0 Å². The number of anilines is 8. The molecule has 243 valence electrons. The standard InChI is InChI=1S/C19H16N2.C19H14N2.BF3.FH.Rh/c2*1-3-9-16(10-4-1)20-15-21(17-11-5-2-6-12-17)19-14-8-7-13-18(19)20;2-1(3)4;;/h1-14H,15H2;1-11,13-15H;;1H;/q;-2;;;+2/p-1. The predicted molar refractivity (Wildman–Crippen MR) is 184 cm³/mol. The number of nitrogens with zero attached hydrogens (tertiary/aromatic N) is 4. The third-order valence-electron chi connectivity index (χ3n) is 7.50. The van der Waals surface area contributed by atoms with E-state index in [9.17, 15) is 12.9 Å². The Morgan fingerprint density at radius 3 is 1.29 bits per heavy atom. The molecule has 0 atom stereocenters. The van der Waals surface area contributed by atoms with E-state index in [1.54, 1.807) is 0 Å². The third kappa shape index (κ3) is 8.25. The summed E-state index contributed by atoms with van der Waals surface area (Å²) in [5.74, 6) is 0. The van der Waals surface area contributed by atoms with Gasteiger partial charge in [0.15, 0.2) is 0 Å². The van der Waals surface area contributed by atoms with Gasteiger partial charge in [0.2, 0.25) is 0 Å². The van der Waals surface area contributed by atoms with Crippen LogP contribution in [0.2, 0.25) is 0 Å². The van der Waals surface area contributed by atoms with E-state index >= 15 is 0 Å². The van der Waals surface area contributed by atoms with E-state index in [-0.39, 0.29) is 24.2 Å². The number of hydrogen-bond acceptors (Lipinski definition) is 4. The van der Waals surface area contributed by atoms with Gasteiger partial charge < -0.3 is 24.3 Å². The zero-order valence-electron chi connectivity index (χ0n) is 25.6. The molecule has 8 rings (SSSR count). The molecule has 0 amide bonds. The van der Waals surface area contributed by atoms with Crippen LogP contribution in [0.5, 0.6) is 0 Å². The maximum atomic E-state index is 9.67. The number of fused-ring (bicyclic) bond motifs is 2. The summed E-state index contributed by atoms with van der Waals surface area (Å²) in [5, 5.41) is 0. The average Bonchev–Trinajstić information content (AvgIpc) is 3.70. The van der Waals surface area contributed by atoms with Gasteiger partial charge in [0.25, 0.3) is 0 Å². The van der Waals surface area contributed by atoms with Gasteiger partial charge in [-0.2, -0.15) is 30.3 Å². The second-order valence-corrected chi connectivity index (χ2v) is 10.3. The largest absolute Gasteiger partial charge is 2.00 e. The summed E-state index contributed by atoms with van der Waals surface area (Å²) in [4.78, 5) is 9.07. The van der Waals surface area contributed by atoms with Crippen LogP contribution in [0.3, 0.4) is 0 Å². The monoisotopic (exact) mass is 732 g/mol. The molecular weight excluding hydrogens is 702 g/mol. The molecule has 6 aromatic carbocycles. The summed E-state index contributed by atoms with van der Waals surface area (Å²) in [7, 11) is -3.67. The smallest absolute Gasteiger partial charge is 1.00 e. The van der Waals surface area contributed by atoms with Gasteiger partial charge in [-0.3, -0.25) is 12.9 Å². The summed E-state index contributed by atoms with van der Waals surface area (Å²) in [6, 6.07) is 59.8. The van der Waals surface area contributed by atoms with Gasteiger partial charge in [0, 0.05) is 28.4 Å². The maximum absolute atomic E-state index is 9.67. The van der Waals surface area contributed by atoms with Crippen molar-refractivity contribution in [2.45, 2.75) is 0 Å². The normalized spacial score (nSPS) is 12.2. The Bertz CT molecular complexity index is 1560. The fraction of sp³-hybridized carbons (Fsp3) is 0.0263. The molecule has 0 N–H and O–H groups in total. The van der Waals surface area contributed by atoms with Gasteiger partial charge in [-0.25, -0.2) is 0 Å². The molecule has 0 saturated carbocycles. The number of halogens is 4. The van der Waals surface area contributed by atoms with E-state index in [2.05, 4.69) is 172 Å². The Hall–Kier alpha value is -5.07. The molecule has 48 heavy (non-hydrogen) atoms. The van der Waals surface area contributed by atoms with Gasteiger partial charge in [-0.15, -0.1) is 12.4 Å². The van der Waals surface area contributed by atoms with Crippen LogP contribution in [-0.2, 0) is 19.5 Å². The van der Waals surface area contributed by atoms with E-state index in [4.69, 9.17) is 0 Å². The van der Waals surface area contributed by atoms with E-state index < -0.39 is 7.54 Å². The SMILES string of the molecule is FB(F)F.[F-].[Rh+2].[c-]1ccccc1N1[CH-]N(c2ccccc2)c2ccccc21.c1ccc(N2CN(c3ccccc3)c3ccccc32)cc1. The molecule has 10 heteroatoms. The van der Waals surface area contributed by atoms with Crippen molar-refractivity contribution in [1.29, 1.82) is 0 Å². The molecule has 0 spiro atoms. The molecular formula is C38H30BF4N4Rh-. The molecule has 0 bridgehead atoms. The molecule has 0 aromatic heterocycles. The second kappa shape index (κ2) is 17.2. The molecule has 2 aliphatic heterocycles. The van der Waals surface area contributed by atoms with Gasteiger partial charge in [0.1, 0.15) is 6.67 Å². The second-order valence-electron chi connectivity index (χ2n) is 10.3. The predicted octanol–water partition coefficient (Wildman–Crippen LogP) is 7.71. The molecule has 0 saturated heterocycles. The summed E-state index contributed by atoms with van der Waals surface area (Å²) >= 11 is 0. The van der Waals surface area contributed by atoms with E-state index in [1.165, 1.54) is 34.1 Å². The Kier molecular flexibility index (Phi) is 12.8. The molecule has 2 aliphatic rings. The molecule has 0 unspecified atom stereocenters. The number of hydrogen-bond donors (Lipinski definition) is 0. The van der Waals surface area contributed by atoms with Crippen molar-refractivity contribution in [3.05, 3.63) is 177 Å². The summed E-state index contributed by atoms with van der Waals surface area (Å²) in [6.07, 6.45) is 0. The topological polar surface area (TPSA) is 13.0 Å². The maximum Gasteiger partial charge on any atom is 2.00 e. The van der Waals surface area contributed by atoms with Gasteiger partial charge >= 0.3 is 27.0 Å². The van der Waals surface area contributed by atoms with Crippen molar-refractivity contribution >= 4 is 53.0 Å². The molecule has 2 heterocycles. The van der Waals surface area contributed by atoms with Crippen LogP contribution in [0, 0.1) is 12.7 Å². The molecule has 4 nitrogen and oxygen atoms in total. The molecule has 1 radical (unpaired) electrons. The van der Waals surface area contributed by atoms with Gasteiger partial charge in [-0.05, 0) is 60.7 Å². The Balaban J connectivity index is 0.000000188. The van der Waals surface area contributed by atoms with Gasteiger partial charge in [0.05, 0.1) is 11.4 Å². The summed E-state index contributed by atoms with van der Waals surface area (Å²) in [5.41, 5.74) is 9.52. The average molecular weight is 732 g/mol. The van der Waals surface area contributed by atoms with Crippen molar-refractivity contribution in [2.75, 3.05) is 26.3 Å². The van der Waals surface area contributed by atoms with Crippen LogP contribution in [0.25, 0.3) is 0 Å². The minimum atomic E-state index is -3.67. The summed E-state index contributed by atoms with van der Waals surface area (Å²) < 4.78 is 29.0. The van der Waals surface area contributed by atoms with E-state index in [0.29, 0.717) is 0 Å². The van der Waals surface area contributed by atoms with Crippen LogP contribution in [0.1, 0.15) is 0 Å². The van der Waals surface area contributed by atoms with Crippen molar-refractivity contribution in [1.82, 2.24) is 0 Å². The van der Waals surface area contributed by atoms with Crippen LogP contribution < -0.4 is 24.3 Å².